The quantitative estimate of drug-likeness (QED) is 0.829. The highest BCUT2D eigenvalue weighted by atomic mass is 16.5. The standard InChI is InChI=1S/C18H24N4O3/c23-17(22-10-8-21(9-11-22)15-3-1-2-4-15)6-5-16-19-18(20-25-16)14-7-12-24-13-14/h7,12-13,15H,1-6,8-11H2. The molecule has 4 rings (SSSR count). The molecule has 1 saturated heterocycles. The van der Waals surface area contributed by atoms with Crippen molar-refractivity contribution in [3.63, 3.8) is 0 Å². The highest BCUT2D eigenvalue weighted by Crippen LogP contribution is 2.24. The number of hydrogen-bond acceptors (Lipinski definition) is 6. The summed E-state index contributed by atoms with van der Waals surface area (Å²) in [5, 5.41) is 3.93. The number of carbonyl (C=O) groups is 1. The first-order valence-corrected chi connectivity index (χ1v) is 9.16. The van der Waals surface area contributed by atoms with E-state index in [0.717, 1.165) is 37.8 Å². The molecule has 0 radical (unpaired) electrons. The Balaban J connectivity index is 1.24. The minimum Gasteiger partial charge on any atom is -0.472 e. The van der Waals surface area contributed by atoms with Crippen molar-refractivity contribution in [1.29, 1.82) is 0 Å². The van der Waals surface area contributed by atoms with Crippen LogP contribution in [0.2, 0.25) is 0 Å². The molecule has 0 N–H and O–H groups in total. The van der Waals surface area contributed by atoms with Crippen LogP contribution in [0.3, 0.4) is 0 Å². The summed E-state index contributed by atoms with van der Waals surface area (Å²) in [4.78, 5) is 21.3. The number of furan rings is 1. The number of piperazine rings is 1. The summed E-state index contributed by atoms with van der Waals surface area (Å²) >= 11 is 0. The van der Waals surface area contributed by atoms with Gasteiger partial charge in [-0.3, -0.25) is 9.69 Å². The molecule has 7 heteroatoms. The maximum Gasteiger partial charge on any atom is 0.227 e. The van der Waals surface area contributed by atoms with E-state index in [0.29, 0.717) is 24.6 Å². The minimum atomic E-state index is 0.175. The fraction of sp³-hybridized carbons (Fsp3) is 0.611. The molecular formula is C18H24N4O3. The van der Waals surface area contributed by atoms with Crippen molar-refractivity contribution in [1.82, 2.24) is 19.9 Å². The van der Waals surface area contributed by atoms with Gasteiger partial charge in [0.25, 0.3) is 0 Å². The van der Waals surface area contributed by atoms with Crippen molar-refractivity contribution in [3.05, 3.63) is 24.5 Å². The van der Waals surface area contributed by atoms with Crippen molar-refractivity contribution in [2.24, 2.45) is 0 Å². The molecular weight excluding hydrogens is 320 g/mol. The van der Waals surface area contributed by atoms with Gasteiger partial charge < -0.3 is 13.8 Å². The van der Waals surface area contributed by atoms with E-state index in [4.69, 9.17) is 8.94 Å². The Morgan fingerprint density at radius 2 is 2.00 bits per heavy atom. The molecule has 0 aromatic carbocycles. The SMILES string of the molecule is O=C(CCc1nc(-c2ccoc2)no1)N1CCN(C2CCCC2)CC1. The summed E-state index contributed by atoms with van der Waals surface area (Å²) in [6, 6.07) is 2.53. The summed E-state index contributed by atoms with van der Waals surface area (Å²) < 4.78 is 10.2. The Bertz CT molecular complexity index is 683. The third-order valence-corrected chi connectivity index (χ3v) is 5.31. The molecule has 2 aromatic rings. The zero-order valence-electron chi connectivity index (χ0n) is 14.4. The van der Waals surface area contributed by atoms with E-state index in [1.165, 1.54) is 25.7 Å². The van der Waals surface area contributed by atoms with Gasteiger partial charge in [0.2, 0.25) is 17.6 Å². The number of amides is 1. The zero-order valence-corrected chi connectivity index (χ0v) is 14.4. The smallest absolute Gasteiger partial charge is 0.227 e. The molecule has 1 aliphatic heterocycles. The number of carbonyl (C=O) groups excluding carboxylic acids is 1. The number of rotatable bonds is 5. The highest BCUT2D eigenvalue weighted by molar-refractivity contribution is 5.76. The van der Waals surface area contributed by atoms with Gasteiger partial charge in [-0.05, 0) is 18.9 Å². The first kappa shape index (κ1) is 16.3. The van der Waals surface area contributed by atoms with E-state index >= 15 is 0 Å². The lowest BCUT2D eigenvalue weighted by Gasteiger charge is -2.38. The Labute approximate surface area is 147 Å². The van der Waals surface area contributed by atoms with Crippen LogP contribution >= 0.6 is 0 Å². The molecule has 7 nitrogen and oxygen atoms in total. The normalized spacial score (nSPS) is 19.6. The molecule has 25 heavy (non-hydrogen) atoms. The van der Waals surface area contributed by atoms with Crippen molar-refractivity contribution in [2.75, 3.05) is 26.2 Å². The maximum absolute atomic E-state index is 12.4. The van der Waals surface area contributed by atoms with Crippen LogP contribution < -0.4 is 0 Å². The second-order valence-electron chi connectivity index (χ2n) is 6.88. The van der Waals surface area contributed by atoms with Crippen LogP contribution in [0.1, 0.15) is 38.0 Å². The second kappa shape index (κ2) is 7.39. The first-order chi connectivity index (χ1) is 12.3. The molecule has 1 amide bonds. The second-order valence-corrected chi connectivity index (χ2v) is 6.88. The number of aromatic nitrogens is 2. The Hall–Kier alpha value is -2.15. The van der Waals surface area contributed by atoms with Crippen LogP contribution in [0, 0.1) is 0 Å². The summed E-state index contributed by atoms with van der Waals surface area (Å²) in [6.07, 6.45) is 9.39. The van der Waals surface area contributed by atoms with Crippen molar-refractivity contribution in [2.45, 2.75) is 44.6 Å². The van der Waals surface area contributed by atoms with Gasteiger partial charge in [0.05, 0.1) is 11.8 Å². The van der Waals surface area contributed by atoms with Gasteiger partial charge in [0, 0.05) is 45.1 Å². The molecule has 1 saturated carbocycles. The highest BCUT2D eigenvalue weighted by Gasteiger charge is 2.27. The van der Waals surface area contributed by atoms with Gasteiger partial charge in [0.15, 0.2) is 0 Å². The van der Waals surface area contributed by atoms with Crippen LogP contribution in [0.15, 0.2) is 27.5 Å². The van der Waals surface area contributed by atoms with E-state index in [9.17, 15) is 4.79 Å². The maximum atomic E-state index is 12.4. The predicted octanol–water partition coefficient (Wildman–Crippen LogP) is 2.35. The van der Waals surface area contributed by atoms with Crippen LogP contribution in [-0.4, -0.2) is 58.1 Å². The molecule has 0 spiro atoms. The molecule has 134 valence electrons. The molecule has 2 aromatic heterocycles. The lowest BCUT2D eigenvalue weighted by molar-refractivity contribution is -0.133. The van der Waals surface area contributed by atoms with Gasteiger partial charge in [0.1, 0.15) is 6.26 Å². The number of hydrogen-bond donors (Lipinski definition) is 0. The van der Waals surface area contributed by atoms with Crippen LogP contribution in [0.4, 0.5) is 0 Å². The van der Waals surface area contributed by atoms with E-state index < -0.39 is 0 Å². The van der Waals surface area contributed by atoms with Gasteiger partial charge in [-0.2, -0.15) is 4.98 Å². The van der Waals surface area contributed by atoms with Gasteiger partial charge in [-0.15, -0.1) is 0 Å². The zero-order chi connectivity index (χ0) is 17.1. The Morgan fingerprint density at radius 1 is 1.20 bits per heavy atom. The number of nitrogens with zero attached hydrogens (tertiary/aromatic N) is 4. The predicted molar refractivity (Wildman–Crippen MR) is 90.7 cm³/mol. The lowest BCUT2D eigenvalue weighted by Crippen LogP contribution is -2.51. The average molecular weight is 344 g/mol. The average Bonchev–Trinajstić information content (AvgIpc) is 3.42. The Morgan fingerprint density at radius 3 is 2.72 bits per heavy atom. The summed E-state index contributed by atoms with van der Waals surface area (Å²) in [7, 11) is 0. The summed E-state index contributed by atoms with van der Waals surface area (Å²) in [5.74, 6) is 1.17. The topological polar surface area (TPSA) is 75.6 Å². The van der Waals surface area contributed by atoms with E-state index in [2.05, 4.69) is 15.0 Å². The third kappa shape index (κ3) is 3.76. The molecule has 2 fully saturated rings. The van der Waals surface area contributed by atoms with Crippen LogP contribution in [0.25, 0.3) is 11.4 Å². The fourth-order valence-corrected chi connectivity index (χ4v) is 3.84. The van der Waals surface area contributed by atoms with Crippen molar-refractivity contribution < 1.29 is 13.7 Å². The van der Waals surface area contributed by atoms with Crippen LogP contribution in [0.5, 0.6) is 0 Å². The minimum absolute atomic E-state index is 0.175. The van der Waals surface area contributed by atoms with E-state index in [1.807, 2.05) is 4.90 Å². The summed E-state index contributed by atoms with van der Waals surface area (Å²) in [6.45, 7) is 3.67. The monoisotopic (exact) mass is 344 g/mol. The van der Waals surface area contributed by atoms with Gasteiger partial charge in [-0.25, -0.2) is 0 Å². The van der Waals surface area contributed by atoms with Crippen molar-refractivity contribution in [3.8, 4) is 11.4 Å². The van der Waals surface area contributed by atoms with E-state index in [-0.39, 0.29) is 5.91 Å². The van der Waals surface area contributed by atoms with Crippen molar-refractivity contribution >= 4 is 5.91 Å². The third-order valence-electron chi connectivity index (χ3n) is 5.31. The van der Waals surface area contributed by atoms with Gasteiger partial charge in [-0.1, -0.05) is 18.0 Å². The van der Waals surface area contributed by atoms with Gasteiger partial charge >= 0.3 is 0 Å². The molecule has 1 aliphatic carbocycles. The molecule has 2 aliphatic rings. The largest absolute Gasteiger partial charge is 0.472 e. The Kier molecular flexibility index (Phi) is 4.83. The molecule has 3 heterocycles. The van der Waals surface area contributed by atoms with Crippen LogP contribution in [-0.2, 0) is 11.2 Å². The fourth-order valence-electron chi connectivity index (χ4n) is 3.84. The summed E-state index contributed by atoms with van der Waals surface area (Å²) in [5.41, 5.74) is 0.782. The molecule has 0 bridgehead atoms. The van der Waals surface area contributed by atoms with E-state index in [1.54, 1.807) is 18.6 Å². The molecule has 0 atom stereocenters. The number of aryl methyl sites for hydroxylation is 1. The lowest BCUT2D eigenvalue weighted by atomic mass is 10.1. The molecule has 0 unspecified atom stereocenters. The first-order valence-electron chi connectivity index (χ1n) is 9.16.